The summed E-state index contributed by atoms with van der Waals surface area (Å²) in [7, 11) is 1.93. The van der Waals surface area contributed by atoms with Crippen molar-refractivity contribution in [1.29, 1.82) is 0 Å². The first kappa shape index (κ1) is 13.5. The van der Waals surface area contributed by atoms with Crippen molar-refractivity contribution in [3.63, 3.8) is 0 Å². The van der Waals surface area contributed by atoms with E-state index < -0.39 is 6.10 Å². The number of halogens is 1. The Bertz CT molecular complexity index is 353. The number of hydrogen-bond acceptors (Lipinski definition) is 3. The molecule has 0 saturated carbocycles. The van der Waals surface area contributed by atoms with Crippen molar-refractivity contribution in [3.05, 3.63) is 28.2 Å². The second kappa shape index (κ2) is 5.66. The van der Waals surface area contributed by atoms with E-state index in [9.17, 15) is 10.2 Å². The van der Waals surface area contributed by atoms with Gasteiger partial charge in [-0.25, -0.2) is 0 Å². The third-order valence-electron chi connectivity index (χ3n) is 2.41. The van der Waals surface area contributed by atoms with Crippen molar-refractivity contribution in [2.75, 3.05) is 18.5 Å². The predicted molar refractivity (Wildman–Crippen MR) is 69.7 cm³/mol. The van der Waals surface area contributed by atoms with Crippen LogP contribution in [0.4, 0.5) is 5.69 Å². The molecule has 0 spiro atoms. The van der Waals surface area contributed by atoms with E-state index in [1.54, 1.807) is 13.8 Å². The Morgan fingerprint density at radius 3 is 2.38 bits per heavy atom. The summed E-state index contributed by atoms with van der Waals surface area (Å²) in [4.78, 5) is 1.97. The molecule has 0 aliphatic carbocycles. The van der Waals surface area contributed by atoms with Crippen LogP contribution in [0.3, 0.4) is 0 Å². The number of aliphatic hydroxyl groups is 2. The fourth-order valence-electron chi connectivity index (χ4n) is 1.59. The van der Waals surface area contributed by atoms with Gasteiger partial charge in [0.05, 0.1) is 12.2 Å². The standard InChI is InChI=1S/C12H18BrNO2/c1-8(15)7-14(3)10-4-5-11(9(2)16)12(13)6-10/h4-6,8-9,15-16H,7H2,1-3H3/t8?,9-/m1/s1. The number of nitrogens with zero attached hydrogens (tertiary/aromatic N) is 1. The highest BCUT2D eigenvalue weighted by Gasteiger charge is 2.09. The molecule has 3 nitrogen and oxygen atoms in total. The molecule has 1 unspecified atom stereocenters. The Morgan fingerprint density at radius 1 is 1.31 bits per heavy atom. The minimum atomic E-state index is -0.481. The van der Waals surface area contributed by atoms with Gasteiger partial charge in [-0.1, -0.05) is 22.0 Å². The average Bonchev–Trinajstić information content (AvgIpc) is 2.15. The molecule has 0 aromatic heterocycles. The Kier molecular flexibility index (Phi) is 4.77. The van der Waals surface area contributed by atoms with Crippen LogP contribution in [0.5, 0.6) is 0 Å². The molecule has 0 aliphatic rings. The molecule has 0 amide bonds. The van der Waals surface area contributed by atoms with Gasteiger partial charge < -0.3 is 15.1 Å². The number of rotatable bonds is 4. The zero-order chi connectivity index (χ0) is 12.3. The summed E-state index contributed by atoms with van der Waals surface area (Å²) in [6, 6.07) is 5.78. The fraction of sp³-hybridized carbons (Fsp3) is 0.500. The molecule has 1 aromatic carbocycles. The van der Waals surface area contributed by atoms with Crippen LogP contribution in [-0.4, -0.2) is 29.9 Å². The molecule has 90 valence electrons. The number of anilines is 1. The van der Waals surface area contributed by atoms with Crippen molar-refractivity contribution in [2.24, 2.45) is 0 Å². The monoisotopic (exact) mass is 287 g/mol. The highest BCUT2D eigenvalue weighted by molar-refractivity contribution is 9.10. The highest BCUT2D eigenvalue weighted by Crippen LogP contribution is 2.27. The second-order valence-corrected chi connectivity index (χ2v) is 4.97. The number of aliphatic hydroxyl groups excluding tert-OH is 2. The quantitative estimate of drug-likeness (QED) is 0.893. The van der Waals surface area contributed by atoms with Gasteiger partial charge in [0, 0.05) is 23.8 Å². The van der Waals surface area contributed by atoms with Gasteiger partial charge in [0.25, 0.3) is 0 Å². The first-order valence-corrected chi connectivity index (χ1v) is 6.08. The third-order valence-corrected chi connectivity index (χ3v) is 3.10. The summed E-state index contributed by atoms with van der Waals surface area (Å²) in [5.74, 6) is 0. The van der Waals surface area contributed by atoms with Crippen molar-refractivity contribution >= 4 is 21.6 Å². The van der Waals surface area contributed by atoms with E-state index in [4.69, 9.17) is 0 Å². The van der Waals surface area contributed by atoms with Crippen molar-refractivity contribution < 1.29 is 10.2 Å². The first-order chi connectivity index (χ1) is 7.41. The van der Waals surface area contributed by atoms with Crippen LogP contribution in [0.25, 0.3) is 0 Å². The van der Waals surface area contributed by atoms with E-state index in [1.165, 1.54) is 0 Å². The summed E-state index contributed by atoms with van der Waals surface area (Å²) in [5.41, 5.74) is 1.88. The normalized spacial score (nSPS) is 14.6. The van der Waals surface area contributed by atoms with E-state index in [2.05, 4.69) is 15.9 Å². The Balaban J connectivity index is 2.88. The van der Waals surface area contributed by atoms with Gasteiger partial charge in [0.1, 0.15) is 0 Å². The van der Waals surface area contributed by atoms with Gasteiger partial charge >= 0.3 is 0 Å². The molecule has 1 aromatic rings. The van der Waals surface area contributed by atoms with Crippen molar-refractivity contribution in [3.8, 4) is 0 Å². The summed E-state index contributed by atoms with van der Waals surface area (Å²) in [6.07, 6.45) is -0.842. The first-order valence-electron chi connectivity index (χ1n) is 5.28. The Labute approximate surface area is 105 Å². The van der Waals surface area contributed by atoms with Gasteiger partial charge in [0.2, 0.25) is 0 Å². The van der Waals surface area contributed by atoms with E-state index >= 15 is 0 Å². The zero-order valence-electron chi connectivity index (χ0n) is 9.81. The van der Waals surface area contributed by atoms with Crippen LogP contribution in [-0.2, 0) is 0 Å². The zero-order valence-corrected chi connectivity index (χ0v) is 11.4. The molecule has 2 N–H and O–H groups in total. The summed E-state index contributed by atoms with van der Waals surface area (Å²) in [6.45, 7) is 4.08. The van der Waals surface area contributed by atoms with Crippen LogP contribution in [0.15, 0.2) is 22.7 Å². The Hall–Kier alpha value is -0.580. The lowest BCUT2D eigenvalue weighted by molar-refractivity contribution is 0.198. The van der Waals surface area contributed by atoms with Crippen LogP contribution < -0.4 is 4.90 Å². The molecule has 0 aliphatic heterocycles. The molecule has 16 heavy (non-hydrogen) atoms. The van der Waals surface area contributed by atoms with Gasteiger partial charge in [-0.05, 0) is 31.5 Å². The van der Waals surface area contributed by atoms with E-state index in [-0.39, 0.29) is 6.10 Å². The maximum atomic E-state index is 9.50. The number of benzene rings is 1. The molecular weight excluding hydrogens is 270 g/mol. The molecule has 0 fully saturated rings. The molecule has 0 saturated heterocycles. The molecular formula is C12H18BrNO2. The molecule has 2 atom stereocenters. The molecule has 0 heterocycles. The van der Waals surface area contributed by atoms with Crippen LogP contribution in [0.1, 0.15) is 25.5 Å². The predicted octanol–water partition coefficient (Wildman–Crippen LogP) is 2.32. The summed E-state index contributed by atoms with van der Waals surface area (Å²) < 4.78 is 0.887. The van der Waals surface area contributed by atoms with Gasteiger partial charge in [-0.15, -0.1) is 0 Å². The summed E-state index contributed by atoms with van der Waals surface area (Å²) >= 11 is 3.43. The van der Waals surface area contributed by atoms with E-state index in [1.807, 2.05) is 30.1 Å². The smallest absolute Gasteiger partial charge is 0.0772 e. The van der Waals surface area contributed by atoms with Crippen LogP contribution in [0, 0.1) is 0 Å². The lowest BCUT2D eigenvalue weighted by Gasteiger charge is -2.22. The molecule has 1 rings (SSSR count). The third kappa shape index (κ3) is 3.47. The number of likely N-dealkylation sites (N-methyl/N-ethyl adjacent to an activating group) is 1. The highest BCUT2D eigenvalue weighted by atomic mass is 79.9. The van der Waals surface area contributed by atoms with E-state index in [0.29, 0.717) is 6.54 Å². The van der Waals surface area contributed by atoms with Crippen molar-refractivity contribution in [2.45, 2.75) is 26.1 Å². The van der Waals surface area contributed by atoms with Crippen LogP contribution >= 0.6 is 15.9 Å². The van der Waals surface area contributed by atoms with Gasteiger partial charge in [-0.3, -0.25) is 0 Å². The minimum absolute atomic E-state index is 0.361. The number of hydrogen-bond donors (Lipinski definition) is 2. The largest absolute Gasteiger partial charge is 0.392 e. The average molecular weight is 288 g/mol. The molecule has 0 bridgehead atoms. The van der Waals surface area contributed by atoms with E-state index in [0.717, 1.165) is 15.7 Å². The Morgan fingerprint density at radius 2 is 1.94 bits per heavy atom. The fourth-order valence-corrected chi connectivity index (χ4v) is 2.29. The maximum absolute atomic E-state index is 9.50. The molecule has 4 heteroatoms. The van der Waals surface area contributed by atoms with Gasteiger partial charge in [0.15, 0.2) is 0 Å². The second-order valence-electron chi connectivity index (χ2n) is 4.11. The molecule has 0 radical (unpaired) electrons. The lowest BCUT2D eigenvalue weighted by Crippen LogP contribution is -2.26. The maximum Gasteiger partial charge on any atom is 0.0772 e. The van der Waals surface area contributed by atoms with Crippen LogP contribution in [0.2, 0.25) is 0 Å². The lowest BCUT2D eigenvalue weighted by atomic mass is 10.1. The SMILES string of the molecule is CC(O)CN(C)c1ccc([C@@H](C)O)c(Br)c1. The minimum Gasteiger partial charge on any atom is -0.392 e. The topological polar surface area (TPSA) is 43.7 Å². The van der Waals surface area contributed by atoms with Gasteiger partial charge in [-0.2, -0.15) is 0 Å². The summed E-state index contributed by atoms with van der Waals surface area (Å²) in [5, 5.41) is 18.8. The van der Waals surface area contributed by atoms with Crippen molar-refractivity contribution in [1.82, 2.24) is 0 Å².